The fourth-order valence-electron chi connectivity index (χ4n) is 7.70. The number of carbonyl (C=O) groups excluding carboxylic acids is 4. The molecule has 1 aromatic heterocycles. The standard InChI is InChI=1S/C39H48ClF4N5O9S/c1-21-8-6-7-9-23-18-38(23,34(52)48-59(54,55)37(20-41)12-13-37)47-32(50)29-16-25(57-30-17-27(40)26-11-10-24(56-5)15-28(26)45-30)19-49(29)33(51)31(22(2)14-21)46-35(53)58-36(3,4)39(42,43)44/h7,9-11,15,17,21-23,25,29,31H,6,8,12-14,16,18-20H2,1-5H3,(H,46,53)(H,47,50)(H,48,52). The van der Waals surface area contributed by atoms with Crippen LogP contribution in [0.2, 0.25) is 5.02 Å². The molecule has 4 amide bonds. The number of alkyl carbamates (subject to hydrolysis) is 1. The number of halogens is 5. The second-order valence-corrected chi connectivity index (χ2v) is 19.2. The number of methoxy groups -OCH3 is 1. The van der Waals surface area contributed by atoms with Crippen molar-refractivity contribution in [3.8, 4) is 11.6 Å². The Kier molecular flexibility index (Phi) is 12.2. The topological polar surface area (TPSA) is 182 Å². The van der Waals surface area contributed by atoms with E-state index < -0.39 is 92.6 Å². The summed E-state index contributed by atoms with van der Waals surface area (Å²) < 4.78 is 97.9. The third-order valence-corrected chi connectivity index (χ3v) is 14.2. The lowest BCUT2D eigenvalue weighted by Crippen LogP contribution is -2.60. The van der Waals surface area contributed by atoms with E-state index in [-0.39, 0.29) is 49.0 Å². The molecule has 4 aliphatic rings. The van der Waals surface area contributed by atoms with Gasteiger partial charge >= 0.3 is 12.3 Å². The van der Waals surface area contributed by atoms with E-state index >= 15 is 0 Å². The molecule has 2 aromatic rings. The van der Waals surface area contributed by atoms with Crippen LogP contribution >= 0.6 is 11.6 Å². The van der Waals surface area contributed by atoms with Gasteiger partial charge in [0.15, 0.2) is 0 Å². The van der Waals surface area contributed by atoms with Crippen LogP contribution in [0.4, 0.5) is 22.4 Å². The highest BCUT2D eigenvalue weighted by atomic mass is 35.5. The maximum atomic E-state index is 14.7. The maximum absolute atomic E-state index is 14.7. The third-order valence-electron chi connectivity index (χ3n) is 11.8. The van der Waals surface area contributed by atoms with E-state index in [4.69, 9.17) is 25.8 Å². The first kappa shape index (κ1) is 44.2. The van der Waals surface area contributed by atoms with E-state index in [2.05, 4.69) is 15.6 Å². The van der Waals surface area contributed by atoms with Crippen molar-refractivity contribution in [3.05, 3.63) is 41.4 Å². The zero-order valence-corrected chi connectivity index (χ0v) is 34.7. The Morgan fingerprint density at radius 3 is 2.47 bits per heavy atom. The lowest BCUT2D eigenvalue weighted by atomic mass is 9.88. The number of allylic oxidation sites excluding steroid dienone is 1. The van der Waals surface area contributed by atoms with E-state index in [1.807, 2.05) is 11.6 Å². The van der Waals surface area contributed by atoms with Crippen LogP contribution in [0.5, 0.6) is 11.6 Å². The van der Waals surface area contributed by atoms with Gasteiger partial charge in [0.25, 0.3) is 5.91 Å². The molecule has 0 radical (unpaired) electrons. The molecule has 20 heteroatoms. The van der Waals surface area contributed by atoms with E-state index in [9.17, 15) is 45.2 Å². The number of nitrogens with zero attached hydrogens (tertiary/aromatic N) is 2. The molecule has 324 valence electrons. The number of sulfonamides is 1. The summed E-state index contributed by atoms with van der Waals surface area (Å²) >= 11 is 6.56. The largest absolute Gasteiger partial charge is 0.497 e. The van der Waals surface area contributed by atoms with E-state index in [0.717, 1.165) is 4.90 Å². The highest BCUT2D eigenvalue weighted by Crippen LogP contribution is 2.48. The van der Waals surface area contributed by atoms with Gasteiger partial charge in [0.1, 0.15) is 40.9 Å². The first-order chi connectivity index (χ1) is 27.5. The quantitative estimate of drug-likeness (QED) is 0.215. The van der Waals surface area contributed by atoms with Gasteiger partial charge in [-0.15, -0.1) is 0 Å². The molecule has 7 atom stereocenters. The lowest BCUT2D eigenvalue weighted by molar-refractivity contribution is -0.244. The smallest absolute Gasteiger partial charge is 0.427 e. The molecule has 14 nitrogen and oxygen atoms in total. The molecular weight excluding hydrogens is 826 g/mol. The van der Waals surface area contributed by atoms with Crippen LogP contribution in [0.1, 0.15) is 72.6 Å². The van der Waals surface area contributed by atoms with Gasteiger partial charge in [-0.1, -0.05) is 37.6 Å². The van der Waals surface area contributed by atoms with Crippen molar-refractivity contribution in [1.29, 1.82) is 0 Å². The third kappa shape index (κ3) is 9.05. The Morgan fingerprint density at radius 2 is 1.83 bits per heavy atom. The molecule has 1 saturated heterocycles. The van der Waals surface area contributed by atoms with Crippen molar-refractivity contribution in [3.63, 3.8) is 0 Å². The molecule has 3 heterocycles. The molecule has 3 fully saturated rings. The number of aromatic nitrogens is 1. The molecule has 1 aromatic carbocycles. The number of carbonyl (C=O) groups is 4. The monoisotopic (exact) mass is 873 g/mol. The molecule has 3 N–H and O–H groups in total. The second-order valence-electron chi connectivity index (χ2n) is 16.7. The molecule has 59 heavy (non-hydrogen) atoms. The minimum absolute atomic E-state index is 0.000381. The number of amides is 4. The van der Waals surface area contributed by atoms with Gasteiger partial charge in [0, 0.05) is 29.9 Å². The highest BCUT2D eigenvalue weighted by Gasteiger charge is 2.64. The summed E-state index contributed by atoms with van der Waals surface area (Å²) in [6.07, 6.45) is -2.68. The Labute approximate surface area is 344 Å². The Balaban J connectivity index is 1.35. The van der Waals surface area contributed by atoms with E-state index in [1.165, 1.54) is 13.2 Å². The Hall–Kier alpha value is -4.39. The van der Waals surface area contributed by atoms with Gasteiger partial charge in [-0.25, -0.2) is 22.6 Å². The van der Waals surface area contributed by atoms with Gasteiger partial charge in [0.2, 0.25) is 33.3 Å². The van der Waals surface area contributed by atoms with Gasteiger partial charge in [-0.05, 0) is 76.3 Å². The van der Waals surface area contributed by atoms with Crippen LogP contribution in [0.3, 0.4) is 0 Å². The Morgan fingerprint density at radius 1 is 1.12 bits per heavy atom. The fraction of sp³-hybridized carbons (Fsp3) is 0.615. The van der Waals surface area contributed by atoms with Crippen LogP contribution in [0.15, 0.2) is 36.4 Å². The van der Waals surface area contributed by atoms with Crippen LogP contribution in [0, 0.1) is 17.8 Å². The second kappa shape index (κ2) is 16.2. The number of pyridine rings is 1. The SMILES string of the molecule is COc1ccc2c(Cl)cc(OC3CC4C(=O)NC5(C(=O)NS(=O)(=O)C6(CF)CC6)CC5C=CCCC(C)CC(C)C(NC(=O)OC(C)(C)C(F)(F)F)C(=O)N4C3)nc2c1. The average molecular weight is 874 g/mol. The van der Waals surface area contributed by atoms with Crippen molar-refractivity contribution in [2.45, 2.75) is 113 Å². The summed E-state index contributed by atoms with van der Waals surface area (Å²) in [4.78, 5) is 61.8. The van der Waals surface area contributed by atoms with Crippen LogP contribution < -0.4 is 24.8 Å². The van der Waals surface area contributed by atoms with Crippen molar-refractivity contribution < 1.29 is 59.4 Å². The molecule has 2 aliphatic heterocycles. The zero-order chi connectivity index (χ0) is 43.3. The minimum Gasteiger partial charge on any atom is -0.497 e. The number of ether oxygens (including phenoxy) is 3. The lowest BCUT2D eigenvalue weighted by Gasteiger charge is -2.34. The van der Waals surface area contributed by atoms with Crippen molar-refractivity contribution in [1.82, 2.24) is 25.2 Å². The van der Waals surface area contributed by atoms with E-state index in [0.29, 0.717) is 49.8 Å². The van der Waals surface area contributed by atoms with Gasteiger partial charge in [0.05, 0.1) is 24.2 Å². The molecule has 0 bridgehead atoms. The molecule has 7 unspecified atom stereocenters. The number of alkyl halides is 4. The predicted molar refractivity (Wildman–Crippen MR) is 207 cm³/mol. The van der Waals surface area contributed by atoms with E-state index in [1.54, 1.807) is 37.3 Å². The number of fused-ring (bicyclic) bond motifs is 3. The number of hydrogen-bond donors (Lipinski definition) is 3. The molecule has 2 saturated carbocycles. The van der Waals surface area contributed by atoms with Crippen LogP contribution in [-0.2, 0) is 29.1 Å². The number of rotatable bonds is 9. The summed E-state index contributed by atoms with van der Waals surface area (Å²) in [5, 5.41) is 5.90. The fourth-order valence-corrected chi connectivity index (χ4v) is 9.38. The normalized spacial score (nSPS) is 28.6. The van der Waals surface area contributed by atoms with Crippen molar-refractivity contribution in [2.75, 3.05) is 20.3 Å². The van der Waals surface area contributed by atoms with Crippen LogP contribution in [0.25, 0.3) is 10.9 Å². The van der Waals surface area contributed by atoms with Crippen LogP contribution in [-0.4, -0.2) is 103 Å². The summed E-state index contributed by atoms with van der Waals surface area (Å²) in [5.41, 5.74) is -4.28. The van der Waals surface area contributed by atoms with Gasteiger partial charge in [-0.2, -0.15) is 13.2 Å². The number of benzene rings is 1. The molecule has 0 spiro atoms. The summed E-state index contributed by atoms with van der Waals surface area (Å²) in [6, 6.07) is 3.59. The molecule has 2 aliphatic carbocycles. The highest BCUT2D eigenvalue weighted by molar-refractivity contribution is 7.91. The summed E-state index contributed by atoms with van der Waals surface area (Å²) in [7, 11) is -3.00. The average Bonchev–Trinajstić information content (AvgIpc) is 4.05. The van der Waals surface area contributed by atoms with Gasteiger partial charge < -0.3 is 29.7 Å². The Bertz CT molecular complexity index is 2140. The molecular formula is C39H48ClF4N5O9S. The van der Waals surface area contributed by atoms with Crippen molar-refractivity contribution in [2.24, 2.45) is 17.8 Å². The zero-order valence-electron chi connectivity index (χ0n) is 33.2. The first-order valence-electron chi connectivity index (χ1n) is 19.3. The van der Waals surface area contributed by atoms with Gasteiger partial charge in [-0.3, -0.25) is 19.1 Å². The minimum atomic E-state index is -4.94. The summed E-state index contributed by atoms with van der Waals surface area (Å²) in [5.74, 6) is -3.68. The summed E-state index contributed by atoms with van der Waals surface area (Å²) in [6.45, 7) is 3.40. The molecule has 6 rings (SSSR count). The predicted octanol–water partition coefficient (Wildman–Crippen LogP) is 5.52. The first-order valence-corrected chi connectivity index (χ1v) is 21.2. The van der Waals surface area contributed by atoms with Crippen molar-refractivity contribution >= 4 is 56.3 Å². The number of hydrogen-bond acceptors (Lipinski definition) is 10. The maximum Gasteiger partial charge on any atom is 0.427 e. The number of nitrogens with one attached hydrogen (secondary N) is 3.